The zero-order valence-electron chi connectivity index (χ0n) is 24.2. The first-order valence-corrected chi connectivity index (χ1v) is 14.8. The van der Waals surface area contributed by atoms with Gasteiger partial charge in [-0.1, -0.05) is 121 Å². The van der Waals surface area contributed by atoms with Crippen molar-refractivity contribution in [2.24, 2.45) is 0 Å². The van der Waals surface area contributed by atoms with Crippen LogP contribution in [0.15, 0.2) is 152 Å². The summed E-state index contributed by atoms with van der Waals surface area (Å²) in [5.74, 6) is 0.929. The van der Waals surface area contributed by atoms with Crippen molar-refractivity contribution < 1.29 is 0 Å². The van der Waals surface area contributed by atoms with Crippen molar-refractivity contribution in [1.29, 1.82) is 0 Å². The quantitative estimate of drug-likeness (QED) is 0.209. The van der Waals surface area contributed by atoms with Crippen LogP contribution in [0.2, 0.25) is 0 Å². The van der Waals surface area contributed by atoms with E-state index in [4.69, 9.17) is 15.0 Å². The highest BCUT2D eigenvalue weighted by Gasteiger charge is 2.16. The second kappa shape index (κ2) is 10.8. The molecule has 0 saturated heterocycles. The molecule has 0 spiro atoms. The average molecular weight is 565 g/mol. The van der Waals surface area contributed by atoms with Gasteiger partial charge in [-0.2, -0.15) is 0 Å². The number of hydrogen-bond acceptors (Lipinski definition) is 3. The Morgan fingerprint density at radius 3 is 1.43 bits per heavy atom. The number of imidazole rings is 1. The zero-order valence-corrected chi connectivity index (χ0v) is 24.2. The van der Waals surface area contributed by atoms with Crippen LogP contribution in [-0.4, -0.2) is 19.5 Å². The van der Waals surface area contributed by atoms with E-state index in [2.05, 4.69) is 127 Å². The standard InChI is InChI=1S/C40H28N4/c1-27-15-17-30(18-16-27)38-39(42-35-12-6-5-11-34(35)41-38)31-23-19-28(20-24-31)29-21-25-32(26-22-29)40-43-36-13-7-8-14-37(36)44(40)33-9-3-2-4-10-33/h2-26H,1H3. The molecule has 0 aliphatic rings. The number of fused-ring (bicyclic) bond motifs is 2. The normalized spacial score (nSPS) is 11.3. The second-order valence-corrected chi connectivity index (χ2v) is 11.0. The van der Waals surface area contributed by atoms with Gasteiger partial charge in [-0.15, -0.1) is 0 Å². The lowest BCUT2D eigenvalue weighted by atomic mass is 9.99. The first kappa shape index (κ1) is 25.8. The molecule has 0 fully saturated rings. The van der Waals surface area contributed by atoms with Crippen LogP contribution in [-0.2, 0) is 0 Å². The summed E-state index contributed by atoms with van der Waals surface area (Å²) in [6.07, 6.45) is 0. The van der Waals surface area contributed by atoms with Crippen molar-refractivity contribution in [2.45, 2.75) is 6.92 Å². The molecule has 6 aromatic carbocycles. The molecule has 208 valence electrons. The van der Waals surface area contributed by atoms with Crippen molar-refractivity contribution in [3.8, 4) is 50.7 Å². The van der Waals surface area contributed by atoms with Gasteiger partial charge in [0.15, 0.2) is 0 Å². The Labute approximate surface area is 256 Å². The van der Waals surface area contributed by atoms with E-state index in [0.717, 1.165) is 72.8 Å². The molecular formula is C40H28N4. The molecule has 0 N–H and O–H groups in total. The summed E-state index contributed by atoms with van der Waals surface area (Å²) in [6.45, 7) is 2.10. The van der Waals surface area contributed by atoms with Crippen molar-refractivity contribution in [2.75, 3.05) is 0 Å². The first-order chi connectivity index (χ1) is 21.7. The monoisotopic (exact) mass is 564 g/mol. The highest BCUT2D eigenvalue weighted by Crippen LogP contribution is 2.34. The summed E-state index contributed by atoms with van der Waals surface area (Å²) in [5, 5.41) is 0. The molecular weight excluding hydrogens is 536 g/mol. The number of rotatable bonds is 5. The Bertz CT molecular complexity index is 2250. The van der Waals surface area contributed by atoms with Crippen LogP contribution in [0.4, 0.5) is 0 Å². The summed E-state index contributed by atoms with van der Waals surface area (Å²) in [5.41, 5.74) is 13.4. The molecule has 0 amide bonds. The Balaban J connectivity index is 1.16. The molecule has 8 aromatic rings. The number of aromatic nitrogens is 4. The molecule has 0 aliphatic carbocycles. The fraction of sp³-hybridized carbons (Fsp3) is 0.0250. The molecule has 0 unspecified atom stereocenters. The van der Waals surface area contributed by atoms with E-state index in [1.54, 1.807) is 0 Å². The summed E-state index contributed by atoms with van der Waals surface area (Å²) < 4.78 is 2.23. The van der Waals surface area contributed by atoms with Gasteiger partial charge in [0, 0.05) is 22.4 Å². The first-order valence-electron chi connectivity index (χ1n) is 14.8. The number of nitrogens with zero attached hydrogens (tertiary/aromatic N) is 4. The van der Waals surface area contributed by atoms with Crippen LogP contribution in [0.25, 0.3) is 72.8 Å². The second-order valence-electron chi connectivity index (χ2n) is 11.0. The number of para-hydroxylation sites is 5. The van der Waals surface area contributed by atoms with E-state index >= 15 is 0 Å². The van der Waals surface area contributed by atoms with Crippen LogP contribution in [0.3, 0.4) is 0 Å². The lowest BCUT2D eigenvalue weighted by molar-refractivity contribution is 1.10. The Morgan fingerprint density at radius 2 is 0.841 bits per heavy atom. The van der Waals surface area contributed by atoms with Gasteiger partial charge in [0.25, 0.3) is 0 Å². The molecule has 4 heteroatoms. The molecule has 0 atom stereocenters. The van der Waals surface area contributed by atoms with Gasteiger partial charge in [0.1, 0.15) is 5.82 Å². The van der Waals surface area contributed by atoms with Crippen LogP contribution in [0, 0.1) is 6.92 Å². The molecule has 0 bridgehead atoms. The van der Waals surface area contributed by atoms with Crippen molar-refractivity contribution in [1.82, 2.24) is 19.5 Å². The fourth-order valence-electron chi connectivity index (χ4n) is 5.80. The van der Waals surface area contributed by atoms with Crippen molar-refractivity contribution >= 4 is 22.1 Å². The van der Waals surface area contributed by atoms with Gasteiger partial charge in [0.05, 0.1) is 33.5 Å². The van der Waals surface area contributed by atoms with E-state index in [1.165, 1.54) is 5.56 Å². The summed E-state index contributed by atoms with van der Waals surface area (Å²) in [6, 6.07) is 52.5. The molecule has 2 heterocycles. The molecule has 2 aromatic heterocycles. The van der Waals surface area contributed by atoms with Gasteiger partial charge >= 0.3 is 0 Å². The zero-order chi connectivity index (χ0) is 29.5. The van der Waals surface area contributed by atoms with Crippen LogP contribution >= 0.6 is 0 Å². The third kappa shape index (κ3) is 4.63. The summed E-state index contributed by atoms with van der Waals surface area (Å²) in [7, 11) is 0. The minimum atomic E-state index is 0.884. The lowest BCUT2D eigenvalue weighted by Crippen LogP contribution is -1.97. The Kier molecular flexibility index (Phi) is 6.31. The average Bonchev–Trinajstić information content (AvgIpc) is 3.48. The maximum absolute atomic E-state index is 5.07. The van der Waals surface area contributed by atoms with Gasteiger partial charge in [-0.3, -0.25) is 4.57 Å². The maximum atomic E-state index is 5.07. The highest BCUT2D eigenvalue weighted by molar-refractivity contribution is 5.87. The smallest absolute Gasteiger partial charge is 0.145 e. The van der Waals surface area contributed by atoms with Gasteiger partial charge in [0.2, 0.25) is 0 Å². The third-order valence-corrected chi connectivity index (χ3v) is 8.11. The van der Waals surface area contributed by atoms with Gasteiger partial charge in [-0.25, -0.2) is 15.0 Å². The molecule has 4 nitrogen and oxygen atoms in total. The topological polar surface area (TPSA) is 43.6 Å². The van der Waals surface area contributed by atoms with Gasteiger partial charge in [-0.05, 0) is 54.4 Å². The largest absolute Gasteiger partial charge is 0.292 e. The van der Waals surface area contributed by atoms with E-state index in [1.807, 2.05) is 36.4 Å². The third-order valence-electron chi connectivity index (χ3n) is 8.11. The van der Waals surface area contributed by atoms with Gasteiger partial charge < -0.3 is 0 Å². The minimum Gasteiger partial charge on any atom is -0.292 e. The van der Waals surface area contributed by atoms with E-state index < -0.39 is 0 Å². The van der Waals surface area contributed by atoms with E-state index in [9.17, 15) is 0 Å². The Hall–Kier alpha value is -5.87. The van der Waals surface area contributed by atoms with E-state index in [0.29, 0.717) is 0 Å². The molecule has 0 radical (unpaired) electrons. The minimum absolute atomic E-state index is 0.884. The molecule has 0 saturated carbocycles. The summed E-state index contributed by atoms with van der Waals surface area (Å²) in [4.78, 5) is 15.1. The SMILES string of the molecule is Cc1ccc(-c2nc3ccccc3nc2-c2ccc(-c3ccc(-c4nc5ccccc5n4-c4ccccc4)cc3)cc2)cc1. The van der Waals surface area contributed by atoms with Crippen LogP contribution in [0.1, 0.15) is 5.56 Å². The number of benzene rings is 6. The Morgan fingerprint density at radius 1 is 0.386 bits per heavy atom. The van der Waals surface area contributed by atoms with Crippen LogP contribution < -0.4 is 0 Å². The van der Waals surface area contributed by atoms with Crippen LogP contribution in [0.5, 0.6) is 0 Å². The van der Waals surface area contributed by atoms with E-state index in [-0.39, 0.29) is 0 Å². The maximum Gasteiger partial charge on any atom is 0.145 e. The number of hydrogen-bond donors (Lipinski definition) is 0. The predicted octanol–water partition coefficient (Wildman–Crippen LogP) is 9.95. The molecule has 8 rings (SSSR count). The van der Waals surface area contributed by atoms with Crippen molar-refractivity contribution in [3.63, 3.8) is 0 Å². The molecule has 44 heavy (non-hydrogen) atoms. The number of aryl methyl sites for hydroxylation is 1. The lowest BCUT2D eigenvalue weighted by Gasteiger charge is -2.12. The fourth-order valence-corrected chi connectivity index (χ4v) is 5.80. The predicted molar refractivity (Wildman–Crippen MR) is 181 cm³/mol. The summed E-state index contributed by atoms with van der Waals surface area (Å²) >= 11 is 0. The highest BCUT2D eigenvalue weighted by atomic mass is 15.1. The molecule has 0 aliphatic heterocycles. The van der Waals surface area contributed by atoms with Crippen molar-refractivity contribution in [3.05, 3.63) is 157 Å².